The fourth-order valence-corrected chi connectivity index (χ4v) is 6.04. The van der Waals surface area contributed by atoms with Crippen LogP contribution in [0.5, 0.6) is 0 Å². The molecule has 39 heavy (non-hydrogen) atoms. The van der Waals surface area contributed by atoms with E-state index in [0.717, 1.165) is 16.3 Å². The summed E-state index contributed by atoms with van der Waals surface area (Å²) in [7, 11) is -4.12. The van der Waals surface area contributed by atoms with Gasteiger partial charge < -0.3 is 10.2 Å². The van der Waals surface area contributed by atoms with Crippen LogP contribution in [0.15, 0.2) is 77.7 Å². The molecule has 3 aromatic carbocycles. The number of carbonyl (C=O) groups excluding carboxylic acids is 2. The quantitative estimate of drug-likeness (QED) is 0.294. The zero-order chi connectivity index (χ0) is 28.6. The molecule has 0 spiro atoms. The van der Waals surface area contributed by atoms with Gasteiger partial charge in [-0.05, 0) is 61.2 Å². The summed E-state index contributed by atoms with van der Waals surface area (Å²) >= 11 is 12.5. The van der Waals surface area contributed by atoms with E-state index in [0.29, 0.717) is 34.3 Å². The van der Waals surface area contributed by atoms with Gasteiger partial charge in [-0.2, -0.15) is 0 Å². The van der Waals surface area contributed by atoms with E-state index >= 15 is 0 Å². The normalized spacial score (nSPS) is 12.0. The summed E-state index contributed by atoms with van der Waals surface area (Å²) in [5, 5.41) is 3.59. The number of hydrogen-bond acceptors (Lipinski definition) is 4. The maximum absolute atomic E-state index is 14.0. The summed E-state index contributed by atoms with van der Waals surface area (Å²) in [4.78, 5) is 28.3. The van der Waals surface area contributed by atoms with Gasteiger partial charge in [-0.3, -0.25) is 13.9 Å². The lowest BCUT2D eigenvalue weighted by Crippen LogP contribution is -2.51. The number of aryl methyl sites for hydroxylation is 1. The SMILES string of the molecule is CCCNC(=O)[C@@H](C)N(Cc1ccc(Cl)cc1Cl)C(=O)CN(c1ccccc1CC)S(=O)(=O)c1ccccc1. The van der Waals surface area contributed by atoms with E-state index in [-0.39, 0.29) is 17.3 Å². The van der Waals surface area contributed by atoms with Crippen LogP contribution in [0, 0.1) is 0 Å². The number of benzene rings is 3. The van der Waals surface area contributed by atoms with Crippen molar-refractivity contribution in [1.29, 1.82) is 0 Å². The largest absolute Gasteiger partial charge is 0.354 e. The highest BCUT2D eigenvalue weighted by Gasteiger charge is 2.33. The lowest BCUT2D eigenvalue weighted by molar-refractivity contribution is -0.139. The predicted octanol–water partition coefficient (Wildman–Crippen LogP) is 5.69. The molecule has 0 heterocycles. The first kappa shape index (κ1) is 30.5. The topological polar surface area (TPSA) is 86.8 Å². The zero-order valence-corrected chi connectivity index (χ0v) is 24.6. The maximum Gasteiger partial charge on any atom is 0.264 e. The number of para-hydroxylation sites is 1. The lowest BCUT2D eigenvalue weighted by atomic mass is 10.1. The molecule has 10 heteroatoms. The Hall–Kier alpha value is -3.07. The zero-order valence-electron chi connectivity index (χ0n) is 22.2. The Morgan fingerprint density at radius 1 is 0.923 bits per heavy atom. The van der Waals surface area contributed by atoms with Crippen LogP contribution in [-0.4, -0.2) is 44.3 Å². The molecule has 0 aromatic heterocycles. The van der Waals surface area contributed by atoms with E-state index in [4.69, 9.17) is 23.2 Å². The van der Waals surface area contributed by atoms with Crippen LogP contribution in [0.2, 0.25) is 10.0 Å². The van der Waals surface area contributed by atoms with Crippen LogP contribution in [0.25, 0.3) is 0 Å². The predicted molar refractivity (Wildman–Crippen MR) is 157 cm³/mol. The van der Waals surface area contributed by atoms with Crippen molar-refractivity contribution in [2.45, 2.75) is 51.1 Å². The van der Waals surface area contributed by atoms with Crippen molar-refractivity contribution in [2.24, 2.45) is 0 Å². The highest BCUT2D eigenvalue weighted by atomic mass is 35.5. The molecule has 0 fully saturated rings. The highest BCUT2D eigenvalue weighted by Crippen LogP contribution is 2.29. The Morgan fingerprint density at radius 2 is 1.59 bits per heavy atom. The Bertz CT molecular complexity index is 1400. The van der Waals surface area contributed by atoms with Gasteiger partial charge in [0.15, 0.2) is 0 Å². The van der Waals surface area contributed by atoms with E-state index in [1.54, 1.807) is 55.5 Å². The average molecular weight is 591 g/mol. The van der Waals surface area contributed by atoms with E-state index < -0.39 is 28.5 Å². The van der Waals surface area contributed by atoms with Crippen LogP contribution < -0.4 is 9.62 Å². The summed E-state index contributed by atoms with van der Waals surface area (Å²) < 4.78 is 28.9. The van der Waals surface area contributed by atoms with E-state index in [1.165, 1.54) is 17.0 Å². The van der Waals surface area contributed by atoms with Gasteiger partial charge in [0.25, 0.3) is 10.0 Å². The first-order valence-corrected chi connectivity index (χ1v) is 15.0. The van der Waals surface area contributed by atoms with Crippen molar-refractivity contribution in [3.63, 3.8) is 0 Å². The van der Waals surface area contributed by atoms with Crippen molar-refractivity contribution >= 4 is 50.7 Å². The van der Waals surface area contributed by atoms with Crippen LogP contribution in [0.1, 0.15) is 38.3 Å². The summed E-state index contributed by atoms with van der Waals surface area (Å²) in [6.07, 6.45) is 1.29. The molecule has 0 aliphatic carbocycles. The van der Waals surface area contributed by atoms with Gasteiger partial charge in [-0.1, -0.05) is 79.5 Å². The monoisotopic (exact) mass is 589 g/mol. The molecule has 0 aliphatic heterocycles. The number of halogens is 2. The Labute approximate surface area is 240 Å². The molecule has 0 bridgehead atoms. The molecular formula is C29H33Cl2N3O4S. The van der Waals surface area contributed by atoms with Gasteiger partial charge in [0.1, 0.15) is 12.6 Å². The van der Waals surface area contributed by atoms with E-state index in [9.17, 15) is 18.0 Å². The van der Waals surface area contributed by atoms with Crippen molar-refractivity contribution in [1.82, 2.24) is 10.2 Å². The molecule has 0 unspecified atom stereocenters. The molecule has 0 saturated carbocycles. The fraction of sp³-hybridized carbons (Fsp3) is 0.310. The van der Waals surface area contributed by atoms with Crippen LogP contribution in [0.3, 0.4) is 0 Å². The van der Waals surface area contributed by atoms with Crippen LogP contribution in [0.4, 0.5) is 5.69 Å². The number of hydrogen-bond donors (Lipinski definition) is 1. The lowest BCUT2D eigenvalue weighted by Gasteiger charge is -2.32. The second-order valence-corrected chi connectivity index (χ2v) is 11.7. The van der Waals surface area contributed by atoms with Gasteiger partial charge in [-0.15, -0.1) is 0 Å². The fourth-order valence-electron chi connectivity index (χ4n) is 4.10. The molecule has 7 nitrogen and oxygen atoms in total. The third kappa shape index (κ3) is 7.53. The molecule has 2 amide bonds. The minimum atomic E-state index is -4.12. The minimum absolute atomic E-state index is 0.00973. The van der Waals surface area contributed by atoms with Crippen molar-refractivity contribution in [2.75, 3.05) is 17.4 Å². The average Bonchev–Trinajstić information content (AvgIpc) is 2.94. The van der Waals surface area contributed by atoms with Gasteiger partial charge in [0.2, 0.25) is 11.8 Å². The Morgan fingerprint density at radius 3 is 2.23 bits per heavy atom. The first-order valence-electron chi connectivity index (χ1n) is 12.8. The van der Waals surface area contributed by atoms with Gasteiger partial charge in [-0.25, -0.2) is 8.42 Å². The van der Waals surface area contributed by atoms with Gasteiger partial charge in [0.05, 0.1) is 10.6 Å². The number of carbonyl (C=O) groups is 2. The van der Waals surface area contributed by atoms with Gasteiger partial charge >= 0.3 is 0 Å². The number of anilines is 1. The molecule has 208 valence electrons. The summed E-state index contributed by atoms with van der Waals surface area (Å²) in [5.41, 5.74) is 1.76. The van der Waals surface area contributed by atoms with E-state index in [2.05, 4.69) is 5.32 Å². The smallest absolute Gasteiger partial charge is 0.264 e. The third-order valence-electron chi connectivity index (χ3n) is 6.32. The second-order valence-electron chi connectivity index (χ2n) is 9.03. The maximum atomic E-state index is 14.0. The number of amides is 2. The third-order valence-corrected chi connectivity index (χ3v) is 8.68. The number of nitrogens with zero attached hydrogens (tertiary/aromatic N) is 2. The first-order chi connectivity index (χ1) is 18.6. The molecule has 0 aliphatic rings. The van der Waals surface area contributed by atoms with Crippen molar-refractivity contribution in [3.8, 4) is 0 Å². The van der Waals surface area contributed by atoms with E-state index in [1.807, 2.05) is 26.0 Å². The summed E-state index contributed by atoms with van der Waals surface area (Å²) in [6, 6.07) is 19.1. The van der Waals surface area contributed by atoms with Gasteiger partial charge in [0, 0.05) is 23.1 Å². The molecule has 3 aromatic rings. The van der Waals surface area contributed by atoms with Crippen LogP contribution in [-0.2, 0) is 32.6 Å². The Kier molecular flexibility index (Phi) is 10.8. The molecule has 1 atom stereocenters. The highest BCUT2D eigenvalue weighted by molar-refractivity contribution is 7.92. The van der Waals surface area contributed by atoms with Crippen LogP contribution >= 0.6 is 23.2 Å². The minimum Gasteiger partial charge on any atom is -0.354 e. The molecule has 0 radical (unpaired) electrons. The molecule has 1 N–H and O–H groups in total. The standard InChI is InChI=1S/C29H33Cl2N3O4S/c1-4-17-32-29(36)21(3)33(19-23-15-16-24(30)18-26(23)31)28(35)20-34(27-14-10-9-11-22(27)5-2)39(37,38)25-12-7-6-8-13-25/h6-16,18,21H,4-5,17,19-20H2,1-3H3,(H,32,36)/t21-/m1/s1. The second kappa shape index (κ2) is 13.8. The Balaban J connectivity index is 2.06. The molecule has 3 rings (SSSR count). The number of sulfonamides is 1. The summed E-state index contributed by atoms with van der Waals surface area (Å²) in [5.74, 6) is -0.896. The molecular weight excluding hydrogens is 557 g/mol. The summed E-state index contributed by atoms with van der Waals surface area (Å²) in [6.45, 7) is 5.39. The number of rotatable bonds is 12. The van der Waals surface area contributed by atoms with Crippen molar-refractivity contribution in [3.05, 3.63) is 94.0 Å². The molecule has 0 saturated heterocycles. The van der Waals surface area contributed by atoms with Crippen molar-refractivity contribution < 1.29 is 18.0 Å². The number of nitrogens with one attached hydrogen (secondary N) is 1.